The van der Waals surface area contributed by atoms with Gasteiger partial charge in [0.2, 0.25) is 5.60 Å². The van der Waals surface area contributed by atoms with Crippen molar-refractivity contribution in [3.05, 3.63) is 12.2 Å². The summed E-state index contributed by atoms with van der Waals surface area (Å²) < 4.78 is 0. The molecule has 1 heterocycles. The van der Waals surface area contributed by atoms with Crippen molar-refractivity contribution in [2.75, 3.05) is 0 Å². The van der Waals surface area contributed by atoms with Gasteiger partial charge in [0.25, 0.3) is 5.91 Å². The van der Waals surface area contributed by atoms with Crippen LogP contribution in [0.15, 0.2) is 12.2 Å². The van der Waals surface area contributed by atoms with Crippen molar-refractivity contribution >= 4 is 11.7 Å². The molecule has 0 aromatic rings. The van der Waals surface area contributed by atoms with Crippen molar-refractivity contribution in [3.8, 4) is 0 Å². The number of Topliss-reactive ketones (excluding diaryl/α,β-unsaturated/α-hetero) is 1. The Hall–Kier alpha value is -1.20. The Morgan fingerprint density at radius 3 is 2.56 bits per heavy atom. The summed E-state index contributed by atoms with van der Waals surface area (Å²) in [5.74, 6) is -1.43. The Labute approximate surface area is 107 Å². The number of aliphatic hydroxyl groups is 2. The molecule has 0 saturated carbocycles. The van der Waals surface area contributed by atoms with E-state index in [1.165, 1.54) is 0 Å². The van der Waals surface area contributed by atoms with Crippen molar-refractivity contribution in [1.82, 2.24) is 5.32 Å². The van der Waals surface area contributed by atoms with Gasteiger partial charge >= 0.3 is 0 Å². The number of unbranched alkanes of at least 4 members (excludes halogenated alkanes) is 1. The lowest BCUT2D eigenvalue weighted by molar-refractivity contribution is -0.157. The summed E-state index contributed by atoms with van der Waals surface area (Å²) in [5.41, 5.74) is -2.28. The molecule has 1 amide bonds. The van der Waals surface area contributed by atoms with Crippen LogP contribution in [0, 0.1) is 0 Å². The summed E-state index contributed by atoms with van der Waals surface area (Å²) in [7, 11) is 0. The fourth-order valence-corrected chi connectivity index (χ4v) is 1.99. The Morgan fingerprint density at radius 2 is 2.06 bits per heavy atom. The van der Waals surface area contributed by atoms with Crippen LogP contribution in [0.3, 0.4) is 0 Å². The van der Waals surface area contributed by atoms with Crippen LogP contribution in [0.2, 0.25) is 0 Å². The fourth-order valence-electron chi connectivity index (χ4n) is 1.99. The average molecular weight is 255 g/mol. The second kappa shape index (κ2) is 6.11. The normalized spacial score (nSPS) is 31.9. The molecule has 1 aliphatic heterocycles. The molecule has 5 heteroatoms. The van der Waals surface area contributed by atoms with Gasteiger partial charge in [-0.1, -0.05) is 25.5 Å². The highest BCUT2D eigenvalue weighted by molar-refractivity contribution is 6.11. The van der Waals surface area contributed by atoms with E-state index in [9.17, 15) is 19.8 Å². The summed E-state index contributed by atoms with van der Waals surface area (Å²) in [5, 5.41) is 22.1. The molecule has 1 fully saturated rings. The monoisotopic (exact) mass is 255 g/mol. The zero-order chi connectivity index (χ0) is 13.8. The summed E-state index contributed by atoms with van der Waals surface area (Å²) in [6.45, 7) is 3.60. The molecular formula is C13H21NO4. The summed E-state index contributed by atoms with van der Waals surface area (Å²) >= 11 is 0. The number of carbonyl (C=O) groups excluding carboxylic acids is 2. The molecule has 1 aliphatic rings. The quantitative estimate of drug-likeness (QED) is 0.470. The van der Waals surface area contributed by atoms with Gasteiger partial charge in [-0.25, -0.2) is 0 Å². The van der Waals surface area contributed by atoms with Gasteiger partial charge in [-0.2, -0.15) is 0 Å². The summed E-state index contributed by atoms with van der Waals surface area (Å²) in [6, 6.07) is -0.609. The van der Waals surface area contributed by atoms with Crippen molar-refractivity contribution < 1.29 is 19.8 Å². The predicted molar refractivity (Wildman–Crippen MR) is 66.9 cm³/mol. The number of allylic oxidation sites excluding steroid dienone is 2. The Morgan fingerprint density at radius 1 is 1.44 bits per heavy atom. The van der Waals surface area contributed by atoms with Gasteiger partial charge in [0.1, 0.15) is 6.10 Å². The first-order valence-electron chi connectivity index (χ1n) is 6.34. The van der Waals surface area contributed by atoms with E-state index in [1.54, 1.807) is 6.92 Å². The predicted octanol–water partition coefficient (Wildman–Crippen LogP) is 0.302. The molecule has 0 spiro atoms. The Kier molecular flexibility index (Phi) is 5.04. The summed E-state index contributed by atoms with van der Waals surface area (Å²) in [4.78, 5) is 23.4. The molecule has 18 heavy (non-hydrogen) atoms. The maximum Gasteiger partial charge on any atom is 0.262 e. The van der Waals surface area contributed by atoms with E-state index in [-0.39, 0.29) is 6.42 Å². The maximum atomic E-state index is 11.9. The van der Waals surface area contributed by atoms with Crippen molar-refractivity contribution in [2.24, 2.45) is 0 Å². The van der Waals surface area contributed by atoms with Gasteiger partial charge in [0, 0.05) is 6.42 Å². The highest BCUT2D eigenvalue weighted by atomic mass is 16.4. The molecule has 5 nitrogen and oxygen atoms in total. The minimum Gasteiger partial charge on any atom is -0.387 e. The molecule has 0 aromatic carbocycles. The van der Waals surface area contributed by atoms with E-state index < -0.39 is 29.4 Å². The molecule has 0 bridgehead atoms. The van der Waals surface area contributed by atoms with E-state index in [0.29, 0.717) is 6.42 Å². The topological polar surface area (TPSA) is 86.6 Å². The lowest BCUT2D eigenvalue weighted by atomic mass is 9.89. The molecule has 1 rings (SSSR count). The molecule has 1 saturated heterocycles. The molecule has 0 radical (unpaired) electrons. The molecule has 3 N–H and O–H groups in total. The van der Waals surface area contributed by atoms with Crippen LogP contribution in [0.25, 0.3) is 0 Å². The number of ketones is 1. The van der Waals surface area contributed by atoms with Crippen molar-refractivity contribution in [1.29, 1.82) is 0 Å². The minimum atomic E-state index is -2.28. The number of rotatable bonds is 6. The van der Waals surface area contributed by atoms with Crippen molar-refractivity contribution in [3.63, 3.8) is 0 Å². The van der Waals surface area contributed by atoms with E-state index >= 15 is 0 Å². The lowest BCUT2D eigenvalue weighted by Crippen LogP contribution is -2.53. The number of amides is 1. The van der Waals surface area contributed by atoms with Gasteiger partial charge in [-0.15, -0.1) is 0 Å². The number of nitrogens with one attached hydrogen (secondary N) is 1. The molecule has 102 valence electrons. The first-order valence-corrected chi connectivity index (χ1v) is 6.34. The standard InChI is InChI=1S/C13H21NO4/c1-3-4-5-6-7-8-10(15)13(18)11(16)9(2)14-12(13)17/h5-6,9,11,16,18H,3-4,7-8H2,1-2H3,(H,14,17). The number of carbonyl (C=O) groups is 2. The van der Waals surface area contributed by atoms with Gasteiger partial charge in [-0.05, 0) is 19.8 Å². The highest BCUT2D eigenvalue weighted by Gasteiger charge is 2.56. The van der Waals surface area contributed by atoms with Gasteiger partial charge < -0.3 is 15.5 Å². The van der Waals surface area contributed by atoms with Gasteiger partial charge in [-0.3, -0.25) is 9.59 Å². The van der Waals surface area contributed by atoms with Crippen LogP contribution in [-0.4, -0.2) is 39.7 Å². The molecule has 3 unspecified atom stereocenters. The second-order valence-corrected chi connectivity index (χ2v) is 4.70. The second-order valence-electron chi connectivity index (χ2n) is 4.70. The fraction of sp³-hybridized carbons (Fsp3) is 0.692. The Balaban J connectivity index is 2.58. The van der Waals surface area contributed by atoms with E-state index in [4.69, 9.17) is 0 Å². The van der Waals surface area contributed by atoms with Crippen LogP contribution in [-0.2, 0) is 9.59 Å². The van der Waals surface area contributed by atoms with E-state index in [2.05, 4.69) is 12.2 Å². The third kappa shape index (κ3) is 2.79. The first-order chi connectivity index (χ1) is 8.44. The van der Waals surface area contributed by atoms with E-state index in [0.717, 1.165) is 12.8 Å². The average Bonchev–Trinajstić information content (AvgIpc) is 2.54. The third-order valence-electron chi connectivity index (χ3n) is 3.19. The van der Waals surface area contributed by atoms with Crippen molar-refractivity contribution in [2.45, 2.75) is 57.3 Å². The largest absolute Gasteiger partial charge is 0.387 e. The minimum absolute atomic E-state index is 0.0495. The van der Waals surface area contributed by atoms with Crippen LogP contribution in [0.4, 0.5) is 0 Å². The third-order valence-corrected chi connectivity index (χ3v) is 3.19. The molecule has 3 atom stereocenters. The maximum absolute atomic E-state index is 11.9. The highest BCUT2D eigenvalue weighted by Crippen LogP contribution is 2.24. The SMILES string of the molecule is CCCC=CCCC(=O)C1(O)C(=O)NC(C)C1O. The van der Waals surface area contributed by atoms with Crippen LogP contribution < -0.4 is 5.32 Å². The lowest BCUT2D eigenvalue weighted by Gasteiger charge is -2.22. The summed E-state index contributed by atoms with van der Waals surface area (Å²) in [6.07, 6.45) is 4.94. The number of aliphatic hydroxyl groups excluding tert-OH is 1. The van der Waals surface area contributed by atoms with Crippen LogP contribution >= 0.6 is 0 Å². The number of hydrogen-bond acceptors (Lipinski definition) is 4. The molecule has 0 aromatic heterocycles. The number of hydrogen-bond donors (Lipinski definition) is 3. The van der Waals surface area contributed by atoms with Crippen LogP contribution in [0.5, 0.6) is 0 Å². The van der Waals surface area contributed by atoms with E-state index in [1.807, 2.05) is 12.2 Å². The first kappa shape index (κ1) is 14.9. The molecular weight excluding hydrogens is 234 g/mol. The zero-order valence-electron chi connectivity index (χ0n) is 10.8. The smallest absolute Gasteiger partial charge is 0.262 e. The zero-order valence-corrected chi connectivity index (χ0v) is 10.8. The Bertz CT molecular complexity index is 353. The van der Waals surface area contributed by atoms with Crippen LogP contribution in [0.1, 0.15) is 39.5 Å². The molecule has 0 aliphatic carbocycles. The van der Waals surface area contributed by atoms with Gasteiger partial charge in [0.05, 0.1) is 6.04 Å². The van der Waals surface area contributed by atoms with Gasteiger partial charge in [0.15, 0.2) is 5.78 Å².